The summed E-state index contributed by atoms with van der Waals surface area (Å²) in [6.07, 6.45) is 4.63. The van der Waals surface area contributed by atoms with Crippen molar-refractivity contribution in [2.45, 2.75) is 31.3 Å². The molecule has 1 amide bonds. The molecule has 2 fully saturated rings. The fraction of sp³-hybridized carbons (Fsp3) is 0.538. The molecule has 2 heterocycles. The third kappa shape index (κ3) is 2.98. The minimum absolute atomic E-state index is 0.0321. The smallest absolute Gasteiger partial charge is 0.319 e. The van der Waals surface area contributed by atoms with Crippen LogP contribution in [-0.4, -0.2) is 45.9 Å². The van der Waals surface area contributed by atoms with E-state index in [1.54, 1.807) is 0 Å². The summed E-state index contributed by atoms with van der Waals surface area (Å²) in [5.74, 6) is -0.464. The molecule has 1 N–H and O–H groups in total. The fourth-order valence-corrected chi connectivity index (χ4v) is 2.95. The number of rotatable bonds is 4. The molecular formula is C13H15ClN4O3. The van der Waals surface area contributed by atoms with Gasteiger partial charge in [-0.3, -0.25) is 19.8 Å². The maximum atomic E-state index is 12.2. The number of likely N-dealkylation sites (tertiary alicyclic amines) is 1. The second-order valence-corrected chi connectivity index (χ2v) is 5.80. The number of amides is 1. The zero-order valence-corrected chi connectivity index (χ0v) is 12.0. The zero-order valence-electron chi connectivity index (χ0n) is 11.3. The molecule has 1 saturated heterocycles. The van der Waals surface area contributed by atoms with Gasteiger partial charge in [-0.15, -0.1) is 0 Å². The van der Waals surface area contributed by atoms with Crippen LogP contribution in [0.5, 0.6) is 0 Å². The van der Waals surface area contributed by atoms with Gasteiger partial charge in [0.05, 0.1) is 4.92 Å². The summed E-state index contributed by atoms with van der Waals surface area (Å²) in [4.78, 5) is 28.6. The number of nitrogens with zero attached hydrogens (tertiary/aromatic N) is 3. The van der Waals surface area contributed by atoms with Crippen LogP contribution >= 0.6 is 11.6 Å². The lowest BCUT2D eigenvalue weighted by Crippen LogP contribution is -2.37. The van der Waals surface area contributed by atoms with Gasteiger partial charge < -0.3 is 5.32 Å². The van der Waals surface area contributed by atoms with Gasteiger partial charge in [-0.2, -0.15) is 0 Å². The summed E-state index contributed by atoms with van der Waals surface area (Å²) in [6.45, 7) is 1.78. The first kappa shape index (κ1) is 14.2. The van der Waals surface area contributed by atoms with Crippen LogP contribution in [0.3, 0.4) is 0 Å². The second-order valence-electron chi connectivity index (χ2n) is 5.44. The van der Waals surface area contributed by atoms with Crippen molar-refractivity contribution in [3.63, 3.8) is 0 Å². The predicted molar refractivity (Wildman–Crippen MR) is 76.4 cm³/mol. The number of carbonyl (C=O) groups excluding carboxylic acids is 1. The van der Waals surface area contributed by atoms with Crippen molar-refractivity contribution in [3.8, 4) is 0 Å². The SMILES string of the molecule is O=C(NC1CCN(C2CC2)C1)c1ccnc(Cl)c1[N+](=O)[O-]. The summed E-state index contributed by atoms with van der Waals surface area (Å²) in [5.41, 5.74) is -0.474. The first-order chi connectivity index (χ1) is 10.1. The van der Waals surface area contributed by atoms with Crippen LogP contribution in [-0.2, 0) is 0 Å². The average molecular weight is 311 g/mol. The minimum atomic E-state index is -0.671. The summed E-state index contributed by atoms with van der Waals surface area (Å²) >= 11 is 5.72. The molecule has 1 aromatic rings. The number of hydrogen-bond acceptors (Lipinski definition) is 5. The third-order valence-electron chi connectivity index (χ3n) is 3.92. The Kier molecular flexibility index (Phi) is 3.77. The zero-order chi connectivity index (χ0) is 15.0. The van der Waals surface area contributed by atoms with Crippen LogP contribution in [0.2, 0.25) is 5.15 Å². The van der Waals surface area contributed by atoms with Gasteiger partial charge in [0.1, 0.15) is 5.56 Å². The normalized spacial score (nSPS) is 22.2. The number of pyridine rings is 1. The molecule has 0 aromatic carbocycles. The van der Waals surface area contributed by atoms with Gasteiger partial charge in [0, 0.05) is 31.4 Å². The highest BCUT2D eigenvalue weighted by molar-refractivity contribution is 6.32. The van der Waals surface area contributed by atoms with Crippen molar-refractivity contribution in [3.05, 3.63) is 33.1 Å². The highest BCUT2D eigenvalue weighted by atomic mass is 35.5. The molecule has 1 saturated carbocycles. The maximum Gasteiger partial charge on any atom is 0.319 e. The maximum absolute atomic E-state index is 12.2. The van der Waals surface area contributed by atoms with Crippen LogP contribution in [0, 0.1) is 10.1 Å². The molecule has 0 bridgehead atoms. The van der Waals surface area contributed by atoms with Gasteiger partial charge in [-0.05, 0) is 25.3 Å². The molecule has 1 atom stereocenters. The highest BCUT2D eigenvalue weighted by Gasteiger charge is 2.35. The van der Waals surface area contributed by atoms with E-state index in [1.165, 1.54) is 25.1 Å². The van der Waals surface area contributed by atoms with Crippen LogP contribution in [0.25, 0.3) is 0 Å². The Bertz CT molecular complexity index is 591. The Balaban J connectivity index is 1.71. The lowest BCUT2D eigenvalue weighted by molar-refractivity contribution is -0.385. The first-order valence-corrected chi connectivity index (χ1v) is 7.28. The number of hydrogen-bond donors (Lipinski definition) is 1. The van der Waals surface area contributed by atoms with E-state index in [4.69, 9.17) is 11.6 Å². The van der Waals surface area contributed by atoms with Crippen LogP contribution in [0.1, 0.15) is 29.6 Å². The standard InChI is InChI=1S/C13H15ClN4O3/c14-12-11(18(20)21)10(3-5-15-12)13(19)16-8-4-6-17(7-8)9-1-2-9/h3,5,8-9H,1-2,4,6-7H2,(H,16,19). The third-order valence-corrected chi connectivity index (χ3v) is 4.20. The summed E-state index contributed by atoms with van der Waals surface area (Å²) in [7, 11) is 0. The molecule has 1 aliphatic heterocycles. The Labute approximate surface area is 126 Å². The highest BCUT2D eigenvalue weighted by Crippen LogP contribution is 2.30. The second kappa shape index (κ2) is 5.57. The predicted octanol–water partition coefficient (Wildman–Crippen LogP) is 1.61. The molecule has 7 nitrogen and oxygen atoms in total. The molecular weight excluding hydrogens is 296 g/mol. The van der Waals surface area contributed by atoms with Gasteiger partial charge in [0.25, 0.3) is 5.91 Å². The molecule has 112 valence electrons. The summed E-state index contributed by atoms with van der Waals surface area (Å²) < 4.78 is 0. The molecule has 21 heavy (non-hydrogen) atoms. The molecule has 3 rings (SSSR count). The van der Waals surface area contributed by atoms with E-state index in [0.717, 1.165) is 19.5 Å². The summed E-state index contributed by atoms with van der Waals surface area (Å²) in [5, 5.41) is 13.6. The van der Waals surface area contributed by atoms with E-state index in [1.807, 2.05) is 0 Å². The summed E-state index contributed by atoms with van der Waals surface area (Å²) in [6, 6.07) is 2.02. The van der Waals surface area contributed by atoms with Crippen molar-refractivity contribution < 1.29 is 9.72 Å². The topological polar surface area (TPSA) is 88.4 Å². The van der Waals surface area contributed by atoms with E-state index in [-0.39, 0.29) is 16.8 Å². The van der Waals surface area contributed by atoms with E-state index >= 15 is 0 Å². The Morgan fingerprint density at radius 3 is 2.90 bits per heavy atom. The van der Waals surface area contributed by atoms with Gasteiger partial charge in [0.2, 0.25) is 5.15 Å². The van der Waals surface area contributed by atoms with Crippen LogP contribution in [0.15, 0.2) is 12.3 Å². The number of aromatic nitrogens is 1. The molecule has 1 aliphatic carbocycles. The van der Waals surface area contributed by atoms with Crippen molar-refractivity contribution in [2.75, 3.05) is 13.1 Å². The monoisotopic (exact) mass is 310 g/mol. The van der Waals surface area contributed by atoms with Crippen molar-refractivity contribution in [1.29, 1.82) is 0 Å². The molecule has 2 aliphatic rings. The van der Waals surface area contributed by atoms with E-state index in [0.29, 0.717) is 6.04 Å². The van der Waals surface area contributed by atoms with Crippen LogP contribution in [0.4, 0.5) is 5.69 Å². The molecule has 0 spiro atoms. The van der Waals surface area contributed by atoms with Crippen molar-refractivity contribution in [1.82, 2.24) is 15.2 Å². The molecule has 8 heteroatoms. The number of nitro groups is 1. The Hall–Kier alpha value is -1.73. The van der Waals surface area contributed by atoms with Gasteiger partial charge in [0.15, 0.2) is 0 Å². The largest absolute Gasteiger partial charge is 0.348 e. The quantitative estimate of drug-likeness (QED) is 0.518. The molecule has 1 aromatic heterocycles. The Morgan fingerprint density at radius 1 is 1.48 bits per heavy atom. The Morgan fingerprint density at radius 2 is 2.24 bits per heavy atom. The molecule has 0 radical (unpaired) electrons. The van der Waals surface area contributed by atoms with Gasteiger partial charge in [-0.25, -0.2) is 4.98 Å². The first-order valence-electron chi connectivity index (χ1n) is 6.90. The van der Waals surface area contributed by atoms with Crippen LogP contribution < -0.4 is 5.32 Å². The van der Waals surface area contributed by atoms with E-state index in [2.05, 4.69) is 15.2 Å². The average Bonchev–Trinajstić information content (AvgIpc) is 3.19. The fourth-order valence-electron chi connectivity index (χ4n) is 2.72. The number of nitrogens with one attached hydrogen (secondary N) is 1. The number of halogens is 1. The van der Waals surface area contributed by atoms with Crippen molar-refractivity contribution in [2.24, 2.45) is 0 Å². The minimum Gasteiger partial charge on any atom is -0.348 e. The molecule has 1 unspecified atom stereocenters. The van der Waals surface area contributed by atoms with Gasteiger partial charge >= 0.3 is 5.69 Å². The van der Waals surface area contributed by atoms with Gasteiger partial charge in [-0.1, -0.05) is 11.6 Å². The lowest BCUT2D eigenvalue weighted by Gasteiger charge is -2.15. The van der Waals surface area contributed by atoms with E-state index < -0.39 is 16.5 Å². The number of carbonyl (C=O) groups is 1. The van der Waals surface area contributed by atoms with E-state index in [9.17, 15) is 14.9 Å². The van der Waals surface area contributed by atoms with Crippen molar-refractivity contribution >= 4 is 23.2 Å². The lowest BCUT2D eigenvalue weighted by atomic mass is 10.2.